The highest BCUT2D eigenvalue weighted by Gasteiger charge is 2.31. The van der Waals surface area contributed by atoms with E-state index in [0.717, 1.165) is 0 Å². The summed E-state index contributed by atoms with van der Waals surface area (Å²) in [5.41, 5.74) is 0.875. The Hall–Kier alpha value is -4.26. The minimum Gasteiger partial charge on any atom is -0.428 e. The van der Waals surface area contributed by atoms with Crippen LogP contribution in [0.25, 0.3) is 0 Å². The number of nitrogens with zero attached hydrogens (tertiary/aromatic N) is 4. The monoisotopic (exact) mass is 442 g/mol. The minimum atomic E-state index is -0.943. The van der Waals surface area contributed by atoms with Gasteiger partial charge in [-0.3, -0.25) is 24.7 Å². The predicted molar refractivity (Wildman–Crippen MR) is 107 cm³/mol. The molecular formula is C19H18N6O7. The standard InChI is InChI=1S/C19H18N6O7/c1-24-15(6-7-20-24)18(26)21-17-9-14(22-23-17)16-8-13(10-30-16)32-19(27)31-12-4-2-11(3-5-12)25(28)29/h2-7,9,13,16H,8,10H2,1H3,(H2,21,22,23,26). The van der Waals surface area contributed by atoms with Crippen LogP contribution in [0.15, 0.2) is 42.6 Å². The average Bonchev–Trinajstić information content (AvgIpc) is 3.49. The molecule has 1 amide bonds. The Morgan fingerprint density at radius 3 is 2.78 bits per heavy atom. The second kappa shape index (κ2) is 8.85. The number of hydrogen-bond acceptors (Lipinski definition) is 9. The maximum absolute atomic E-state index is 12.2. The van der Waals surface area contributed by atoms with Gasteiger partial charge in [0, 0.05) is 37.9 Å². The average molecular weight is 442 g/mol. The van der Waals surface area contributed by atoms with Gasteiger partial charge in [0.1, 0.15) is 23.7 Å². The molecule has 0 bridgehead atoms. The number of amides is 1. The van der Waals surface area contributed by atoms with E-state index in [0.29, 0.717) is 23.6 Å². The number of ether oxygens (including phenoxy) is 3. The summed E-state index contributed by atoms with van der Waals surface area (Å²) in [7, 11) is 1.66. The van der Waals surface area contributed by atoms with Crippen molar-refractivity contribution in [3.05, 3.63) is 64.1 Å². The molecule has 0 aliphatic carbocycles. The highest BCUT2D eigenvalue weighted by Crippen LogP contribution is 2.30. The number of rotatable bonds is 6. The summed E-state index contributed by atoms with van der Waals surface area (Å²) in [6.07, 6.45) is -0.0401. The van der Waals surface area contributed by atoms with Gasteiger partial charge < -0.3 is 19.5 Å². The Balaban J connectivity index is 1.28. The van der Waals surface area contributed by atoms with Gasteiger partial charge in [0.15, 0.2) is 5.82 Å². The van der Waals surface area contributed by atoms with Crippen molar-refractivity contribution in [2.24, 2.45) is 7.05 Å². The van der Waals surface area contributed by atoms with Gasteiger partial charge in [-0.15, -0.1) is 0 Å². The number of nitro benzene ring substituents is 1. The summed E-state index contributed by atoms with van der Waals surface area (Å²) in [5, 5.41) is 24.1. The van der Waals surface area contributed by atoms with Crippen molar-refractivity contribution in [1.29, 1.82) is 0 Å². The van der Waals surface area contributed by atoms with Gasteiger partial charge in [-0.25, -0.2) is 4.79 Å². The fraction of sp³-hybridized carbons (Fsp3) is 0.263. The molecule has 0 spiro atoms. The lowest BCUT2D eigenvalue weighted by Gasteiger charge is -2.10. The number of non-ortho nitro benzene ring substituents is 1. The molecule has 2 N–H and O–H groups in total. The maximum atomic E-state index is 12.2. The zero-order chi connectivity index (χ0) is 22.7. The first-order chi connectivity index (χ1) is 15.4. The van der Waals surface area contributed by atoms with Crippen LogP contribution in [-0.2, 0) is 16.5 Å². The van der Waals surface area contributed by atoms with E-state index >= 15 is 0 Å². The van der Waals surface area contributed by atoms with Gasteiger partial charge in [0.25, 0.3) is 11.6 Å². The smallest absolute Gasteiger partial charge is 0.428 e. The van der Waals surface area contributed by atoms with E-state index in [2.05, 4.69) is 20.6 Å². The number of anilines is 1. The summed E-state index contributed by atoms with van der Waals surface area (Å²) in [6, 6.07) is 8.27. The van der Waals surface area contributed by atoms with E-state index in [1.165, 1.54) is 35.1 Å². The van der Waals surface area contributed by atoms with E-state index in [4.69, 9.17) is 14.2 Å². The molecule has 166 valence electrons. The Morgan fingerprint density at radius 1 is 1.31 bits per heavy atom. The summed E-state index contributed by atoms with van der Waals surface area (Å²) in [5.74, 6) is 0.0841. The van der Waals surface area contributed by atoms with Crippen molar-refractivity contribution in [1.82, 2.24) is 20.0 Å². The molecule has 2 aromatic heterocycles. The van der Waals surface area contributed by atoms with Gasteiger partial charge in [0.05, 0.1) is 17.2 Å². The summed E-state index contributed by atoms with van der Waals surface area (Å²) in [4.78, 5) is 34.3. The van der Waals surface area contributed by atoms with Crippen LogP contribution in [0, 0.1) is 10.1 Å². The number of aromatic amines is 1. The molecule has 1 aromatic carbocycles. The number of carbonyl (C=O) groups excluding carboxylic acids is 2. The molecule has 1 aliphatic rings. The quantitative estimate of drug-likeness (QED) is 0.252. The first kappa shape index (κ1) is 21.0. The van der Waals surface area contributed by atoms with Crippen molar-refractivity contribution in [3.8, 4) is 5.75 Å². The Bertz CT molecular complexity index is 1140. The van der Waals surface area contributed by atoms with Crippen molar-refractivity contribution in [2.45, 2.75) is 18.6 Å². The van der Waals surface area contributed by atoms with E-state index < -0.39 is 23.3 Å². The second-order valence-electron chi connectivity index (χ2n) is 6.90. The van der Waals surface area contributed by atoms with Gasteiger partial charge in [0.2, 0.25) is 0 Å². The number of nitro groups is 1. The summed E-state index contributed by atoms with van der Waals surface area (Å²) < 4.78 is 17.4. The molecule has 3 aromatic rings. The minimum absolute atomic E-state index is 0.117. The number of aryl methyl sites for hydroxylation is 1. The van der Waals surface area contributed by atoms with Crippen molar-refractivity contribution < 1.29 is 28.7 Å². The number of H-pyrrole nitrogens is 1. The van der Waals surface area contributed by atoms with Gasteiger partial charge in [-0.05, 0) is 18.2 Å². The molecule has 2 unspecified atom stereocenters. The molecule has 13 nitrogen and oxygen atoms in total. The molecule has 0 radical (unpaired) electrons. The molecule has 13 heteroatoms. The molecule has 0 saturated carbocycles. The van der Waals surface area contributed by atoms with Crippen LogP contribution in [0.1, 0.15) is 28.7 Å². The van der Waals surface area contributed by atoms with E-state index in [1.54, 1.807) is 19.2 Å². The molecule has 1 aliphatic heterocycles. The fourth-order valence-corrected chi connectivity index (χ4v) is 3.13. The third kappa shape index (κ3) is 4.73. The Kier molecular flexibility index (Phi) is 5.81. The second-order valence-corrected chi connectivity index (χ2v) is 6.90. The molecular weight excluding hydrogens is 424 g/mol. The topological polar surface area (TPSA) is 164 Å². The van der Waals surface area contributed by atoms with E-state index in [-0.39, 0.29) is 24.0 Å². The number of benzene rings is 1. The lowest BCUT2D eigenvalue weighted by atomic mass is 10.1. The summed E-state index contributed by atoms with van der Waals surface area (Å²) >= 11 is 0. The van der Waals surface area contributed by atoms with Crippen LogP contribution in [0.5, 0.6) is 5.75 Å². The molecule has 1 saturated heterocycles. The van der Waals surface area contributed by atoms with Gasteiger partial charge >= 0.3 is 6.16 Å². The Labute approximate surface area is 180 Å². The van der Waals surface area contributed by atoms with Crippen LogP contribution in [0.3, 0.4) is 0 Å². The predicted octanol–water partition coefficient (Wildman–Crippen LogP) is 2.35. The zero-order valence-corrected chi connectivity index (χ0v) is 16.8. The first-order valence-corrected chi connectivity index (χ1v) is 9.48. The number of carbonyl (C=O) groups is 2. The lowest BCUT2D eigenvalue weighted by Crippen LogP contribution is -2.20. The van der Waals surface area contributed by atoms with Crippen LogP contribution in [-0.4, -0.2) is 49.7 Å². The van der Waals surface area contributed by atoms with Crippen LogP contribution < -0.4 is 10.1 Å². The third-order valence-corrected chi connectivity index (χ3v) is 4.71. The molecule has 4 rings (SSSR count). The lowest BCUT2D eigenvalue weighted by molar-refractivity contribution is -0.384. The van der Waals surface area contributed by atoms with E-state index in [9.17, 15) is 19.7 Å². The number of nitrogens with one attached hydrogen (secondary N) is 2. The van der Waals surface area contributed by atoms with Crippen molar-refractivity contribution >= 4 is 23.6 Å². The van der Waals surface area contributed by atoms with Crippen LogP contribution >= 0.6 is 0 Å². The normalized spacial score (nSPS) is 17.7. The SMILES string of the molecule is Cn1nccc1C(=O)Nc1cc(C2CC(OC(=O)Oc3ccc([N+](=O)[O-])cc3)CO2)[nH]n1. The summed E-state index contributed by atoms with van der Waals surface area (Å²) in [6.45, 7) is 0.149. The van der Waals surface area contributed by atoms with Crippen molar-refractivity contribution in [2.75, 3.05) is 11.9 Å². The largest absolute Gasteiger partial charge is 0.514 e. The molecule has 3 heterocycles. The molecule has 32 heavy (non-hydrogen) atoms. The highest BCUT2D eigenvalue weighted by atomic mass is 16.7. The van der Waals surface area contributed by atoms with Crippen LogP contribution in [0.2, 0.25) is 0 Å². The van der Waals surface area contributed by atoms with Crippen LogP contribution in [0.4, 0.5) is 16.3 Å². The molecule has 1 fully saturated rings. The zero-order valence-electron chi connectivity index (χ0n) is 16.8. The van der Waals surface area contributed by atoms with Gasteiger partial charge in [-0.2, -0.15) is 10.2 Å². The van der Waals surface area contributed by atoms with Gasteiger partial charge in [-0.1, -0.05) is 0 Å². The third-order valence-electron chi connectivity index (χ3n) is 4.71. The first-order valence-electron chi connectivity index (χ1n) is 9.48. The number of aromatic nitrogens is 4. The van der Waals surface area contributed by atoms with Crippen molar-refractivity contribution in [3.63, 3.8) is 0 Å². The fourth-order valence-electron chi connectivity index (χ4n) is 3.13. The number of hydrogen-bond donors (Lipinski definition) is 2. The maximum Gasteiger partial charge on any atom is 0.514 e. The van der Waals surface area contributed by atoms with E-state index in [1.807, 2.05) is 0 Å². The Morgan fingerprint density at radius 2 is 2.09 bits per heavy atom. The highest BCUT2D eigenvalue weighted by molar-refractivity contribution is 6.02. The molecule has 2 atom stereocenters.